The van der Waals surface area contributed by atoms with E-state index in [9.17, 15) is 9.59 Å². The van der Waals surface area contributed by atoms with Gasteiger partial charge in [-0.1, -0.05) is 26.0 Å². The van der Waals surface area contributed by atoms with Gasteiger partial charge in [0.25, 0.3) is 5.91 Å². The second-order valence-corrected chi connectivity index (χ2v) is 3.57. The maximum absolute atomic E-state index is 12.2. The fourth-order valence-corrected chi connectivity index (χ4v) is 1.52. The lowest BCUT2D eigenvalue weighted by Gasteiger charge is -2.23. The molecule has 0 saturated carbocycles. The Bertz CT molecular complexity index is 428. The summed E-state index contributed by atoms with van der Waals surface area (Å²) in [5.74, 6) is -0.958. The first-order chi connectivity index (χ1) is 8.61. The van der Waals surface area contributed by atoms with E-state index >= 15 is 0 Å². The van der Waals surface area contributed by atoms with Crippen molar-refractivity contribution in [3.05, 3.63) is 35.4 Å². The molecule has 0 atom stereocenters. The van der Waals surface area contributed by atoms with Crippen molar-refractivity contribution in [1.29, 1.82) is 0 Å². The summed E-state index contributed by atoms with van der Waals surface area (Å²) in [5.41, 5.74) is 11.5. The Kier molecular flexibility index (Phi) is 5.29. The summed E-state index contributed by atoms with van der Waals surface area (Å²) in [6.07, 6.45) is 0. The molecular formula is C12H18N4O2. The molecule has 0 aliphatic carbocycles. The summed E-state index contributed by atoms with van der Waals surface area (Å²) in [4.78, 5) is 23.5. The van der Waals surface area contributed by atoms with E-state index in [4.69, 9.17) is 5.73 Å². The Labute approximate surface area is 106 Å². The maximum Gasteiger partial charge on any atom is 0.283 e. The van der Waals surface area contributed by atoms with Gasteiger partial charge in [-0.05, 0) is 12.1 Å². The van der Waals surface area contributed by atoms with Crippen molar-refractivity contribution in [2.24, 2.45) is 5.73 Å². The van der Waals surface area contributed by atoms with Crippen molar-refractivity contribution < 1.29 is 9.59 Å². The van der Waals surface area contributed by atoms with Gasteiger partial charge in [-0.25, -0.2) is 16.0 Å². The smallest absolute Gasteiger partial charge is 0.283 e. The lowest BCUT2D eigenvalue weighted by Crippen LogP contribution is -2.52. The molecule has 1 rings (SSSR count). The van der Waals surface area contributed by atoms with Gasteiger partial charge in [0.15, 0.2) is 0 Å². The number of nitrogens with one attached hydrogen (secondary N) is 2. The van der Waals surface area contributed by atoms with Crippen molar-refractivity contribution in [2.45, 2.75) is 13.8 Å². The lowest BCUT2D eigenvalue weighted by molar-refractivity contribution is 0.0525. The van der Waals surface area contributed by atoms with Gasteiger partial charge in [-0.3, -0.25) is 9.59 Å². The zero-order valence-corrected chi connectivity index (χ0v) is 10.6. The van der Waals surface area contributed by atoms with Crippen LogP contribution in [-0.4, -0.2) is 30.0 Å². The Morgan fingerprint density at radius 1 is 1.11 bits per heavy atom. The van der Waals surface area contributed by atoms with Crippen LogP contribution in [0.15, 0.2) is 24.3 Å². The highest BCUT2D eigenvalue weighted by molar-refractivity contribution is 6.06. The summed E-state index contributed by atoms with van der Waals surface area (Å²) < 4.78 is 0. The number of amides is 2. The molecule has 1 aromatic rings. The van der Waals surface area contributed by atoms with Crippen molar-refractivity contribution in [1.82, 2.24) is 16.0 Å². The summed E-state index contributed by atoms with van der Waals surface area (Å²) >= 11 is 0. The molecule has 0 aromatic heterocycles. The Morgan fingerprint density at radius 2 is 1.61 bits per heavy atom. The molecule has 0 unspecified atom stereocenters. The summed E-state index contributed by atoms with van der Waals surface area (Å²) in [5, 5.41) is 1.27. The van der Waals surface area contributed by atoms with Crippen LogP contribution >= 0.6 is 0 Å². The van der Waals surface area contributed by atoms with Crippen LogP contribution in [0, 0.1) is 0 Å². The molecule has 6 heteroatoms. The van der Waals surface area contributed by atoms with Crippen LogP contribution < -0.4 is 16.6 Å². The fourth-order valence-electron chi connectivity index (χ4n) is 1.52. The summed E-state index contributed by atoms with van der Waals surface area (Å²) in [6.45, 7) is 4.91. The highest BCUT2D eigenvalue weighted by Gasteiger charge is 2.19. The number of benzene rings is 1. The number of carbonyl (C=O) groups is 2. The molecule has 0 aliphatic heterocycles. The van der Waals surface area contributed by atoms with E-state index in [-0.39, 0.29) is 17.0 Å². The Balaban J connectivity index is 3.04. The molecule has 18 heavy (non-hydrogen) atoms. The van der Waals surface area contributed by atoms with Gasteiger partial charge in [-0.2, -0.15) is 0 Å². The number of hydrogen-bond acceptors (Lipinski definition) is 4. The standard InChI is InChI=1S/C12H18N4O2/c1-3-14-16(15-4-2)12(18)10-8-6-5-7-9(10)11(13)17/h5-8,14-15H,3-4H2,1-2H3,(H2,13,17). The van der Waals surface area contributed by atoms with Gasteiger partial charge in [0, 0.05) is 13.1 Å². The van der Waals surface area contributed by atoms with Crippen molar-refractivity contribution in [3.63, 3.8) is 0 Å². The van der Waals surface area contributed by atoms with E-state index in [1.807, 2.05) is 13.8 Å². The molecule has 4 N–H and O–H groups in total. The molecule has 0 aliphatic rings. The number of primary amides is 1. The van der Waals surface area contributed by atoms with Crippen molar-refractivity contribution in [3.8, 4) is 0 Å². The van der Waals surface area contributed by atoms with Gasteiger partial charge >= 0.3 is 0 Å². The minimum absolute atomic E-state index is 0.211. The third-order valence-electron chi connectivity index (χ3n) is 2.26. The average Bonchev–Trinajstić information content (AvgIpc) is 2.37. The molecular weight excluding hydrogens is 232 g/mol. The van der Waals surface area contributed by atoms with E-state index in [0.717, 1.165) is 0 Å². The number of rotatable bonds is 6. The minimum atomic E-state index is -0.619. The highest BCUT2D eigenvalue weighted by Crippen LogP contribution is 2.09. The molecule has 1 aromatic carbocycles. The Hall–Kier alpha value is -1.92. The third kappa shape index (κ3) is 3.28. The predicted molar refractivity (Wildman–Crippen MR) is 68.5 cm³/mol. The number of hydrogen-bond donors (Lipinski definition) is 3. The SMILES string of the molecule is CCNN(NCC)C(=O)c1ccccc1C(N)=O. The number of hydrazine groups is 2. The van der Waals surface area contributed by atoms with Crippen molar-refractivity contribution >= 4 is 11.8 Å². The second kappa shape index (κ2) is 6.73. The van der Waals surface area contributed by atoms with Crippen LogP contribution in [0.2, 0.25) is 0 Å². The zero-order valence-electron chi connectivity index (χ0n) is 10.6. The summed E-state index contributed by atoms with van der Waals surface area (Å²) in [6, 6.07) is 6.47. The first-order valence-corrected chi connectivity index (χ1v) is 5.82. The highest BCUT2D eigenvalue weighted by atomic mass is 16.2. The van der Waals surface area contributed by atoms with Gasteiger partial charge < -0.3 is 5.73 Å². The fraction of sp³-hybridized carbons (Fsp3) is 0.333. The maximum atomic E-state index is 12.2. The molecule has 0 saturated heterocycles. The first-order valence-electron chi connectivity index (χ1n) is 5.82. The minimum Gasteiger partial charge on any atom is -0.366 e. The molecule has 98 valence electrons. The Morgan fingerprint density at radius 3 is 2.06 bits per heavy atom. The molecule has 2 amide bonds. The van der Waals surface area contributed by atoms with Crippen LogP contribution in [0.25, 0.3) is 0 Å². The van der Waals surface area contributed by atoms with E-state index in [1.165, 1.54) is 11.2 Å². The zero-order chi connectivity index (χ0) is 13.5. The lowest BCUT2D eigenvalue weighted by atomic mass is 10.1. The van der Waals surface area contributed by atoms with Crippen LogP contribution in [0.1, 0.15) is 34.6 Å². The molecule has 0 fully saturated rings. The molecule has 0 radical (unpaired) electrons. The number of carbonyl (C=O) groups excluding carboxylic acids is 2. The van der Waals surface area contributed by atoms with E-state index < -0.39 is 5.91 Å². The van der Waals surface area contributed by atoms with Gasteiger partial charge in [0.2, 0.25) is 5.91 Å². The molecule has 0 heterocycles. The van der Waals surface area contributed by atoms with E-state index in [2.05, 4.69) is 10.9 Å². The quantitative estimate of drug-likeness (QED) is 0.633. The van der Waals surface area contributed by atoms with Gasteiger partial charge in [0.1, 0.15) is 0 Å². The first kappa shape index (κ1) is 14.1. The van der Waals surface area contributed by atoms with Crippen LogP contribution in [0.3, 0.4) is 0 Å². The molecule has 0 spiro atoms. The molecule has 6 nitrogen and oxygen atoms in total. The van der Waals surface area contributed by atoms with Crippen LogP contribution in [0.5, 0.6) is 0 Å². The monoisotopic (exact) mass is 250 g/mol. The van der Waals surface area contributed by atoms with Gasteiger partial charge in [0.05, 0.1) is 11.1 Å². The van der Waals surface area contributed by atoms with E-state index in [0.29, 0.717) is 13.1 Å². The predicted octanol–water partition coefficient (Wildman–Crippen LogP) is 0.277. The number of nitrogens with zero attached hydrogens (tertiary/aromatic N) is 1. The third-order valence-corrected chi connectivity index (χ3v) is 2.26. The number of nitrogens with two attached hydrogens (primary N) is 1. The summed E-state index contributed by atoms with van der Waals surface area (Å²) in [7, 11) is 0. The normalized spacial score (nSPS) is 10.1. The largest absolute Gasteiger partial charge is 0.366 e. The van der Waals surface area contributed by atoms with E-state index in [1.54, 1.807) is 18.2 Å². The van der Waals surface area contributed by atoms with Crippen LogP contribution in [-0.2, 0) is 0 Å². The second-order valence-electron chi connectivity index (χ2n) is 3.57. The topological polar surface area (TPSA) is 87.5 Å². The van der Waals surface area contributed by atoms with Gasteiger partial charge in [-0.15, -0.1) is 0 Å². The average molecular weight is 250 g/mol. The molecule has 0 bridgehead atoms. The van der Waals surface area contributed by atoms with Crippen molar-refractivity contribution in [2.75, 3.05) is 13.1 Å². The van der Waals surface area contributed by atoms with Crippen LogP contribution in [0.4, 0.5) is 0 Å².